The maximum atomic E-state index is 13.1. The van der Waals surface area contributed by atoms with E-state index in [2.05, 4.69) is 15.9 Å². The third-order valence-electron chi connectivity index (χ3n) is 2.68. The topological polar surface area (TPSA) is 35.2 Å². The Labute approximate surface area is 114 Å². The second kappa shape index (κ2) is 5.40. The number of benzene rings is 2. The monoisotopic (exact) mass is 309 g/mol. The zero-order valence-electron chi connectivity index (χ0n) is 9.91. The van der Waals surface area contributed by atoms with Gasteiger partial charge in [0, 0.05) is 21.8 Å². The molecule has 0 fully saturated rings. The first-order valence-electron chi connectivity index (χ1n) is 5.50. The standard InChI is InChI=1S/C14H13BrFNO/c1-9-5-6-10(16)7-14(9)18-8-11-12(15)3-2-4-13(11)17/h2-7H,8,17H2,1H3. The van der Waals surface area contributed by atoms with Crippen molar-refractivity contribution in [3.63, 3.8) is 0 Å². The minimum Gasteiger partial charge on any atom is -0.488 e. The zero-order valence-corrected chi connectivity index (χ0v) is 11.5. The van der Waals surface area contributed by atoms with Gasteiger partial charge in [-0.2, -0.15) is 0 Å². The normalized spacial score (nSPS) is 10.4. The second-order valence-corrected chi connectivity index (χ2v) is 4.86. The van der Waals surface area contributed by atoms with E-state index in [-0.39, 0.29) is 5.82 Å². The maximum absolute atomic E-state index is 13.1. The van der Waals surface area contributed by atoms with Crippen LogP contribution in [0.5, 0.6) is 5.75 Å². The van der Waals surface area contributed by atoms with Gasteiger partial charge in [-0.25, -0.2) is 4.39 Å². The molecule has 0 radical (unpaired) electrons. The van der Waals surface area contributed by atoms with Gasteiger partial charge in [-0.1, -0.05) is 28.1 Å². The number of ether oxygens (including phenoxy) is 1. The zero-order chi connectivity index (χ0) is 13.1. The van der Waals surface area contributed by atoms with Crippen LogP contribution in [-0.2, 0) is 6.61 Å². The van der Waals surface area contributed by atoms with Crippen LogP contribution in [0, 0.1) is 12.7 Å². The van der Waals surface area contributed by atoms with E-state index in [4.69, 9.17) is 10.5 Å². The molecule has 0 amide bonds. The molecule has 2 rings (SSSR count). The van der Waals surface area contributed by atoms with Crippen LogP contribution in [0.15, 0.2) is 40.9 Å². The lowest BCUT2D eigenvalue weighted by Gasteiger charge is -2.12. The van der Waals surface area contributed by atoms with Crippen LogP contribution in [0.25, 0.3) is 0 Å². The van der Waals surface area contributed by atoms with Gasteiger partial charge in [0.25, 0.3) is 0 Å². The van der Waals surface area contributed by atoms with Crippen molar-refractivity contribution >= 4 is 21.6 Å². The highest BCUT2D eigenvalue weighted by atomic mass is 79.9. The Morgan fingerprint density at radius 3 is 2.78 bits per heavy atom. The molecule has 0 saturated heterocycles. The molecular formula is C14H13BrFNO. The van der Waals surface area contributed by atoms with E-state index in [9.17, 15) is 4.39 Å². The van der Waals surface area contributed by atoms with Crippen molar-refractivity contribution < 1.29 is 9.13 Å². The number of aryl methyl sites for hydroxylation is 1. The summed E-state index contributed by atoms with van der Waals surface area (Å²) in [5, 5.41) is 0. The lowest BCUT2D eigenvalue weighted by atomic mass is 10.2. The number of nitrogens with two attached hydrogens (primary N) is 1. The molecule has 94 valence electrons. The summed E-state index contributed by atoms with van der Waals surface area (Å²) in [5.74, 6) is 0.223. The van der Waals surface area contributed by atoms with Crippen LogP contribution in [0.1, 0.15) is 11.1 Å². The lowest BCUT2D eigenvalue weighted by Crippen LogP contribution is -2.02. The van der Waals surface area contributed by atoms with Gasteiger partial charge in [-0.05, 0) is 30.7 Å². The van der Waals surface area contributed by atoms with Crippen LogP contribution in [-0.4, -0.2) is 0 Å². The van der Waals surface area contributed by atoms with E-state index in [0.717, 1.165) is 15.6 Å². The number of halogens is 2. The molecule has 4 heteroatoms. The van der Waals surface area contributed by atoms with Gasteiger partial charge < -0.3 is 10.5 Å². The van der Waals surface area contributed by atoms with Gasteiger partial charge >= 0.3 is 0 Å². The summed E-state index contributed by atoms with van der Waals surface area (Å²) in [7, 11) is 0. The average molecular weight is 310 g/mol. The Balaban J connectivity index is 2.19. The molecule has 0 bridgehead atoms. The minimum atomic E-state index is -0.310. The van der Waals surface area contributed by atoms with Gasteiger partial charge in [0.05, 0.1) is 0 Å². The Hall–Kier alpha value is -1.55. The fourth-order valence-corrected chi connectivity index (χ4v) is 2.10. The van der Waals surface area contributed by atoms with Crippen molar-refractivity contribution in [3.8, 4) is 5.75 Å². The SMILES string of the molecule is Cc1ccc(F)cc1OCc1c(N)cccc1Br. The smallest absolute Gasteiger partial charge is 0.126 e. The fourth-order valence-electron chi connectivity index (χ4n) is 1.61. The molecule has 0 aliphatic heterocycles. The highest BCUT2D eigenvalue weighted by molar-refractivity contribution is 9.10. The lowest BCUT2D eigenvalue weighted by molar-refractivity contribution is 0.302. The highest BCUT2D eigenvalue weighted by Crippen LogP contribution is 2.26. The molecule has 0 aromatic heterocycles. The molecule has 2 aromatic carbocycles. The van der Waals surface area contributed by atoms with Gasteiger partial charge in [0.1, 0.15) is 18.2 Å². The van der Waals surface area contributed by atoms with E-state index in [1.54, 1.807) is 6.07 Å². The third kappa shape index (κ3) is 2.82. The Morgan fingerprint density at radius 1 is 1.28 bits per heavy atom. The van der Waals surface area contributed by atoms with Gasteiger partial charge in [0.15, 0.2) is 0 Å². The van der Waals surface area contributed by atoms with E-state index >= 15 is 0 Å². The van der Waals surface area contributed by atoms with Gasteiger partial charge in [-0.15, -0.1) is 0 Å². The first-order chi connectivity index (χ1) is 8.58. The van der Waals surface area contributed by atoms with E-state index in [1.807, 2.05) is 25.1 Å². The first kappa shape index (κ1) is 12.9. The van der Waals surface area contributed by atoms with Crippen molar-refractivity contribution in [2.75, 3.05) is 5.73 Å². The minimum absolute atomic E-state index is 0.303. The van der Waals surface area contributed by atoms with E-state index in [0.29, 0.717) is 18.0 Å². The van der Waals surface area contributed by atoms with Crippen molar-refractivity contribution in [2.45, 2.75) is 13.5 Å². The Bertz CT molecular complexity index is 551. The summed E-state index contributed by atoms with van der Waals surface area (Å²) in [5.41, 5.74) is 8.27. The molecule has 18 heavy (non-hydrogen) atoms. The van der Waals surface area contributed by atoms with Gasteiger partial charge in [0.2, 0.25) is 0 Å². The molecule has 2 N–H and O–H groups in total. The number of rotatable bonds is 3. The molecule has 0 aliphatic carbocycles. The number of anilines is 1. The third-order valence-corrected chi connectivity index (χ3v) is 3.42. The van der Waals surface area contributed by atoms with Crippen LogP contribution < -0.4 is 10.5 Å². The van der Waals surface area contributed by atoms with Crippen molar-refractivity contribution in [1.29, 1.82) is 0 Å². The molecule has 0 aliphatic rings. The molecule has 0 atom stereocenters. The molecule has 0 heterocycles. The molecule has 2 aromatic rings. The summed E-state index contributed by atoms with van der Waals surface area (Å²) >= 11 is 3.42. The first-order valence-corrected chi connectivity index (χ1v) is 6.29. The largest absolute Gasteiger partial charge is 0.488 e. The fraction of sp³-hybridized carbons (Fsp3) is 0.143. The molecular weight excluding hydrogens is 297 g/mol. The molecule has 0 spiro atoms. The van der Waals surface area contributed by atoms with Crippen molar-refractivity contribution in [1.82, 2.24) is 0 Å². The average Bonchev–Trinajstić information content (AvgIpc) is 2.33. The highest BCUT2D eigenvalue weighted by Gasteiger charge is 2.07. The van der Waals surface area contributed by atoms with Crippen molar-refractivity contribution in [2.24, 2.45) is 0 Å². The van der Waals surface area contributed by atoms with Crippen LogP contribution in [0.4, 0.5) is 10.1 Å². The Kier molecular flexibility index (Phi) is 3.87. The summed E-state index contributed by atoms with van der Waals surface area (Å²) < 4.78 is 19.6. The predicted octanol–water partition coefficient (Wildman–Crippen LogP) is 4.06. The quantitative estimate of drug-likeness (QED) is 0.868. The molecule has 0 saturated carbocycles. The maximum Gasteiger partial charge on any atom is 0.126 e. The van der Waals surface area contributed by atoms with Crippen LogP contribution in [0.2, 0.25) is 0 Å². The van der Waals surface area contributed by atoms with Crippen LogP contribution in [0.3, 0.4) is 0 Å². The predicted molar refractivity (Wildman–Crippen MR) is 74.0 cm³/mol. The Morgan fingerprint density at radius 2 is 2.06 bits per heavy atom. The second-order valence-electron chi connectivity index (χ2n) is 4.01. The van der Waals surface area contributed by atoms with Crippen molar-refractivity contribution in [3.05, 3.63) is 57.8 Å². The molecule has 2 nitrogen and oxygen atoms in total. The summed E-state index contributed by atoms with van der Waals surface area (Å²) in [6, 6.07) is 10.0. The summed E-state index contributed by atoms with van der Waals surface area (Å²) in [6.45, 7) is 2.18. The number of hydrogen-bond acceptors (Lipinski definition) is 2. The van der Waals surface area contributed by atoms with Gasteiger partial charge in [-0.3, -0.25) is 0 Å². The summed E-state index contributed by atoms with van der Waals surface area (Å²) in [6.07, 6.45) is 0. The number of nitrogen functional groups attached to an aromatic ring is 1. The summed E-state index contributed by atoms with van der Waals surface area (Å²) in [4.78, 5) is 0. The van der Waals surface area contributed by atoms with E-state index in [1.165, 1.54) is 12.1 Å². The number of hydrogen-bond donors (Lipinski definition) is 1. The molecule has 0 unspecified atom stereocenters. The van der Waals surface area contributed by atoms with E-state index < -0.39 is 0 Å². The van der Waals surface area contributed by atoms with Crippen LogP contribution >= 0.6 is 15.9 Å².